The predicted octanol–water partition coefficient (Wildman–Crippen LogP) is 3.67. The van der Waals surface area contributed by atoms with Crippen LogP contribution >= 0.6 is 0 Å². The Kier molecular flexibility index (Phi) is 2.70. The van der Waals surface area contributed by atoms with E-state index in [1.165, 1.54) is 31.3 Å². The van der Waals surface area contributed by atoms with Crippen molar-refractivity contribution in [1.29, 1.82) is 0 Å². The molecule has 2 unspecified atom stereocenters. The molecule has 0 heterocycles. The average Bonchev–Trinajstić information content (AvgIpc) is 2.11. The third-order valence-electron chi connectivity index (χ3n) is 4.44. The molecule has 0 radical (unpaired) electrons. The molecule has 2 atom stereocenters. The summed E-state index contributed by atoms with van der Waals surface area (Å²) in [4.78, 5) is 0. The highest BCUT2D eigenvalue weighted by molar-refractivity contribution is 5.12. The van der Waals surface area contributed by atoms with Gasteiger partial charge in [0.05, 0.1) is 6.10 Å². The van der Waals surface area contributed by atoms with E-state index in [0.717, 1.165) is 12.8 Å². The second-order valence-electron chi connectivity index (χ2n) is 6.53. The number of allylic oxidation sites excluding steroid dienone is 1. The first-order chi connectivity index (χ1) is 6.94. The summed E-state index contributed by atoms with van der Waals surface area (Å²) < 4.78 is 0. The van der Waals surface area contributed by atoms with E-state index in [9.17, 15) is 5.11 Å². The lowest BCUT2D eigenvalue weighted by molar-refractivity contribution is -0.0424. The lowest BCUT2D eigenvalue weighted by Crippen LogP contribution is -2.43. The summed E-state index contributed by atoms with van der Waals surface area (Å²) in [7, 11) is 0. The first kappa shape index (κ1) is 11.2. The van der Waals surface area contributed by atoms with Crippen LogP contribution in [0.1, 0.15) is 59.3 Å². The summed E-state index contributed by atoms with van der Waals surface area (Å²) in [6.45, 7) is 6.85. The van der Waals surface area contributed by atoms with Gasteiger partial charge >= 0.3 is 0 Å². The lowest BCUT2D eigenvalue weighted by Gasteiger charge is -2.49. The summed E-state index contributed by atoms with van der Waals surface area (Å²) in [6.07, 6.45) is 9.29. The Morgan fingerprint density at radius 3 is 2.67 bits per heavy atom. The van der Waals surface area contributed by atoms with Gasteiger partial charge in [-0.25, -0.2) is 0 Å². The van der Waals surface area contributed by atoms with E-state index in [1.54, 1.807) is 0 Å². The summed E-state index contributed by atoms with van der Waals surface area (Å²) in [5.41, 5.74) is 2.01. The van der Waals surface area contributed by atoms with Crippen molar-refractivity contribution in [2.24, 2.45) is 10.8 Å². The van der Waals surface area contributed by atoms with E-state index in [4.69, 9.17) is 0 Å². The van der Waals surface area contributed by atoms with Gasteiger partial charge < -0.3 is 5.11 Å². The SMILES string of the molecule is CC1=CCC2(CCCC(C)(C)C2)C(O)C1. The fourth-order valence-electron chi connectivity index (χ4n) is 3.63. The molecule has 0 amide bonds. The first-order valence-electron chi connectivity index (χ1n) is 6.27. The fourth-order valence-corrected chi connectivity index (χ4v) is 3.63. The van der Waals surface area contributed by atoms with Crippen LogP contribution in [0.25, 0.3) is 0 Å². The number of aliphatic hydroxyl groups excluding tert-OH is 1. The highest BCUT2D eigenvalue weighted by Gasteiger charge is 2.45. The van der Waals surface area contributed by atoms with Gasteiger partial charge in [-0.15, -0.1) is 0 Å². The standard InChI is InChI=1S/C14H24O/c1-11-5-8-14(12(15)9-11)7-4-6-13(2,3)10-14/h5,12,15H,4,6-10H2,1-3H3. The van der Waals surface area contributed by atoms with Gasteiger partial charge in [-0.2, -0.15) is 0 Å². The smallest absolute Gasteiger partial charge is 0.0636 e. The molecule has 0 aromatic rings. The summed E-state index contributed by atoms with van der Waals surface area (Å²) >= 11 is 0. The van der Waals surface area contributed by atoms with E-state index in [0.29, 0.717) is 5.41 Å². The van der Waals surface area contributed by atoms with E-state index >= 15 is 0 Å². The zero-order valence-electron chi connectivity index (χ0n) is 10.3. The third-order valence-corrected chi connectivity index (χ3v) is 4.44. The minimum absolute atomic E-state index is 0.0953. The Morgan fingerprint density at radius 1 is 1.33 bits per heavy atom. The van der Waals surface area contributed by atoms with Gasteiger partial charge in [0.25, 0.3) is 0 Å². The molecule has 0 bridgehead atoms. The van der Waals surface area contributed by atoms with Gasteiger partial charge in [0.2, 0.25) is 0 Å². The quantitative estimate of drug-likeness (QED) is 0.602. The van der Waals surface area contributed by atoms with Crippen molar-refractivity contribution >= 4 is 0 Å². The Labute approximate surface area is 93.6 Å². The topological polar surface area (TPSA) is 20.2 Å². The lowest BCUT2D eigenvalue weighted by atomic mass is 9.58. The van der Waals surface area contributed by atoms with Crippen molar-refractivity contribution in [3.05, 3.63) is 11.6 Å². The van der Waals surface area contributed by atoms with Crippen molar-refractivity contribution < 1.29 is 5.11 Å². The average molecular weight is 208 g/mol. The third kappa shape index (κ3) is 2.13. The highest BCUT2D eigenvalue weighted by Crippen LogP contribution is 2.52. The molecule has 1 heteroatoms. The maximum Gasteiger partial charge on any atom is 0.0636 e. The molecule has 0 saturated heterocycles. The number of rotatable bonds is 0. The monoisotopic (exact) mass is 208 g/mol. The minimum atomic E-state index is -0.0953. The predicted molar refractivity (Wildman–Crippen MR) is 63.7 cm³/mol. The largest absolute Gasteiger partial charge is 0.392 e. The summed E-state index contributed by atoms with van der Waals surface area (Å²) in [5, 5.41) is 10.3. The molecule has 2 aliphatic carbocycles. The summed E-state index contributed by atoms with van der Waals surface area (Å²) in [6, 6.07) is 0. The van der Waals surface area contributed by atoms with Crippen LogP contribution in [0.15, 0.2) is 11.6 Å². The molecular formula is C14H24O. The second kappa shape index (κ2) is 3.62. The van der Waals surface area contributed by atoms with Crippen LogP contribution in [0.5, 0.6) is 0 Å². The van der Waals surface area contributed by atoms with Crippen LogP contribution in [0.2, 0.25) is 0 Å². The molecule has 1 saturated carbocycles. The van der Waals surface area contributed by atoms with E-state index in [1.807, 2.05) is 0 Å². The maximum atomic E-state index is 10.3. The van der Waals surface area contributed by atoms with Crippen molar-refractivity contribution in [3.63, 3.8) is 0 Å². The fraction of sp³-hybridized carbons (Fsp3) is 0.857. The van der Waals surface area contributed by atoms with Crippen molar-refractivity contribution in [1.82, 2.24) is 0 Å². The minimum Gasteiger partial charge on any atom is -0.392 e. The number of hydrogen-bond donors (Lipinski definition) is 1. The van der Waals surface area contributed by atoms with Crippen LogP contribution in [0.4, 0.5) is 0 Å². The van der Waals surface area contributed by atoms with Crippen molar-refractivity contribution in [2.45, 2.75) is 65.4 Å². The van der Waals surface area contributed by atoms with E-state index in [-0.39, 0.29) is 11.5 Å². The Balaban J connectivity index is 2.19. The van der Waals surface area contributed by atoms with Crippen molar-refractivity contribution in [2.75, 3.05) is 0 Å². The van der Waals surface area contributed by atoms with E-state index in [2.05, 4.69) is 26.8 Å². The Morgan fingerprint density at radius 2 is 2.07 bits per heavy atom. The Bertz CT molecular complexity index is 277. The van der Waals surface area contributed by atoms with Gasteiger partial charge in [-0.1, -0.05) is 31.9 Å². The van der Waals surface area contributed by atoms with Crippen LogP contribution in [0, 0.1) is 10.8 Å². The molecule has 2 aliphatic rings. The van der Waals surface area contributed by atoms with Crippen LogP contribution < -0.4 is 0 Å². The molecule has 1 spiro atoms. The number of hydrogen-bond acceptors (Lipinski definition) is 1. The molecule has 0 aromatic carbocycles. The number of aliphatic hydroxyl groups is 1. The van der Waals surface area contributed by atoms with Crippen LogP contribution in [-0.4, -0.2) is 11.2 Å². The molecule has 86 valence electrons. The molecule has 1 fully saturated rings. The highest BCUT2D eigenvalue weighted by atomic mass is 16.3. The van der Waals surface area contributed by atoms with Crippen LogP contribution in [0.3, 0.4) is 0 Å². The molecule has 1 N–H and O–H groups in total. The normalized spacial score (nSPS) is 40.3. The van der Waals surface area contributed by atoms with Gasteiger partial charge in [-0.05, 0) is 44.4 Å². The van der Waals surface area contributed by atoms with Gasteiger partial charge in [0.15, 0.2) is 0 Å². The zero-order chi connectivity index (χ0) is 11.1. The van der Waals surface area contributed by atoms with E-state index < -0.39 is 0 Å². The Hall–Kier alpha value is -0.300. The summed E-state index contributed by atoms with van der Waals surface area (Å²) in [5.74, 6) is 0. The molecular weight excluding hydrogens is 184 g/mol. The first-order valence-corrected chi connectivity index (χ1v) is 6.27. The molecule has 0 aliphatic heterocycles. The maximum absolute atomic E-state index is 10.3. The molecule has 15 heavy (non-hydrogen) atoms. The molecule has 0 aromatic heterocycles. The van der Waals surface area contributed by atoms with Gasteiger partial charge in [-0.3, -0.25) is 0 Å². The van der Waals surface area contributed by atoms with Gasteiger partial charge in [0.1, 0.15) is 0 Å². The molecule has 1 nitrogen and oxygen atoms in total. The molecule has 2 rings (SSSR count). The second-order valence-corrected chi connectivity index (χ2v) is 6.53. The van der Waals surface area contributed by atoms with Gasteiger partial charge in [0, 0.05) is 5.41 Å². The van der Waals surface area contributed by atoms with Crippen molar-refractivity contribution in [3.8, 4) is 0 Å². The zero-order valence-corrected chi connectivity index (χ0v) is 10.3. The van der Waals surface area contributed by atoms with Crippen LogP contribution in [-0.2, 0) is 0 Å².